The first kappa shape index (κ1) is 18.4. The first-order valence-corrected chi connectivity index (χ1v) is 8.68. The molecule has 1 amide bonds. The van der Waals surface area contributed by atoms with Gasteiger partial charge in [0.05, 0.1) is 7.11 Å². The van der Waals surface area contributed by atoms with Crippen molar-refractivity contribution in [1.82, 2.24) is 4.90 Å². The summed E-state index contributed by atoms with van der Waals surface area (Å²) in [5.41, 5.74) is 0.749. The summed E-state index contributed by atoms with van der Waals surface area (Å²) in [6.45, 7) is 1.53. The molecule has 1 aromatic rings. The first-order chi connectivity index (χ1) is 11.6. The van der Waals surface area contributed by atoms with Gasteiger partial charge in [0.25, 0.3) is 0 Å². The highest BCUT2D eigenvalue weighted by atomic mass is 19.1. The number of carbonyl (C=O) groups excluding carboxylic acids is 2. The third-order valence-electron chi connectivity index (χ3n) is 4.65. The minimum Gasteiger partial charge on any atom is -0.469 e. The number of methoxy groups -OCH3 is 1. The van der Waals surface area contributed by atoms with Crippen molar-refractivity contribution in [3.05, 3.63) is 35.6 Å². The molecule has 0 N–H and O–H groups in total. The topological polar surface area (TPSA) is 46.6 Å². The molecule has 1 saturated heterocycles. The van der Waals surface area contributed by atoms with Crippen molar-refractivity contribution in [1.29, 1.82) is 0 Å². The highest BCUT2D eigenvalue weighted by Gasteiger charge is 2.23. The minimum absolute atomic E-state index is 0.106. The first-order valence-electron chi connectivity index (χ1n) is 8.68. The van der Waals surface area contributed by atoms with Crippen molar-refractivity contribution in [3.63, 3.8) is 0 Å². The predicted octanol–water partition coefficient (Wildman–Crippen LogP) is 3.34. The van der Waals surface area contributed by atoms with Crippen LogP contribution in [-0.2, 0) is 20.7 Å². The molecule has 132 valence electrons. The molecular weight excluding hydrogens is 309 g/mol. The number of aryl methyl sites for hydroxylation is 1. The van der Waals surface area contributed by atoms with E-state index in [0.29, 0.717) is 25.2 Å². The molecular formula is C19H26FNO3. The van der Waals surface area contributed by atoms with Gasteiger partial charge in [-0.3, -0.25) is 9.59 Å². The van der Waals surface area contributed by atoms with Crippen LogP contribution < -0.4 is 0 Å². The van der Waals surface area contributed by atoms with Crippen LogP contribution in [0.15, 0.2) is 24.3 Å². The zero-order valence-corrected chi connectivity index (χ0v) is 14.3. The lowest BCUT2D eigenvalue weighted by molar-refractivity contribution is -0.141. The van der Waals surface area contributed by atoms with E-state index in [2.05, 4.69) is 4.74 Å². The van der Waals surface area contributed by atoms with Crippen LogP contribution in [-0.4, -0.2) is 37.0 Å². The number of ether oxygens (including phenoxy) is 1. The molecule has 24 heavy (non-hydrogen) atoms. The molecule has 0 aliphatic carbocycles. The fourth-order valence-corrected chi connectivity index (χ4v) is 3.23. The third-order valence-corrected chi connectivity index (χ3v) is 4.65. The highest BCUT2D eigenvalue weighted by molar-refractivity contribution is 5.77. The average molecular weight is 335 g/mol. The molecule has 0 aromatic heterocycles. The molecule has 0 spiro atoms. The van der Waals surface area contributed by atoms with Gasteiger partial charge in [0.1, 0.15) is 5.82 Å². The summed E-state index contributed by atoms with van der Waals surface area (Å²) in [7, 11) is 1.36. The number of piperidine rings is 1. The Kier molecular flexibility index (Phi) is 7.22. The molecule has 0 saturated carbocycles. The van der Waals surface area contributed by atoms with Crippen LogP contribution >= 0.6 is 0 Å². The Hall–Kier alpha value is -1.91. The van der Waals surface area contributed by atoms with Gasteiger partial charge in [-0.1, -0.05) is 18.2 Å². The summed E-state index contributed by atoms with van der Waals surface area (Å²) >= 11 is 0. The lowest BCUT2D eigenvalue weighted by Gasteiger charge is -2.33. The summed E-state index contributed by atoms with van der Waals surface area (Å²) in [4.78, 5) is 25.2. The van der Waals surface area contributed by atoms with Crippen molar-refractivity contribution < 1.29 is 18.7 Å². The van der Waals surface area contributed by atoms with Gasteiger partial charge in [0.15, 0.2) is 0 Å². The Morgan fingerprint density at radius 1 is 1.29 bits per heavy atom. The molecule has 4 nitrogen and oxygen atoms in total. The number of benzene rings is 1. The highest BCUT2D eigenvalue weighted by Crippen LogP contribution is 2.23. The number of esters is 1. The molecule has 2 rings (SSSR count). The Morgan fingerprint density at radius 3 is 2.83 bits per heavy atom. The van der Waals surface area contributed by atoms with Gasteiger partial charge in [-0.25, -0.2) is 4.39 Å². The monoisotopic (exact) mass is 335 g/mol. The number of nitrogens with zero attached hydrogens (tertiary/aromatic N) is 1. The van der Waals surface area contributed by atoms with Gasteiger partial charge in [-0.15, -0.1) is 0 Å². The summed E-state index contributed by atoms with van der Waals surface area (Å²) in [6, 6.07) is 6.88. The van der Waals surface area contributed by atoms with E-state index in [9.17, 15) is 14.0 Å². The molecule has 5 heteroatoms. The van der Waals surface area contributed by atoms with Crippen LogP contribution in [0.2, 0.25) is 0 Å². The van der Waals surface area contributed by atoms with E-state index in [-0.39, 0.29) is 24.1 Å². The summed E-state index contributed by atoms with van der Waals surface area (Å²) in [6.07, 6.45) is 4.88. The van der Waals surface area contributed by atoms with Crippen LogP contribution in [0, 0.1) is 11.7 Å². The lowest BCUT2D eigenvalue weighted by atomic mass is 9.91. The van der Waals surface area contributed by atoms with E-state index in [1.165, 1.54) is 13.2 Å². The molecule has 1 fully saturated rings. The SMILES string of the molecule is COC(=O)CCCC(=O)N1CCCC(CCc2ccccc2F)C1. The Balaban J connectivity index is 1.75. The van der Waals surface area contributed by atoms with Gasteiger partial charge < -0.3 is 9.64 Å². The second kappa shape index (κ2) is 9.40. The molecule has 1 aliphatic heterocycles. The smallest absolute Gasteiger partial charge is 0.305 e. The van der Waals surface area contributed by atoms with Gasteiger partial charge in [-0.2, -0.15) is 0 Å². The summed E-state index contributed by atoms with van der Waals surface area (Å²) < 4.78 is 18.3. The molecule has 1 atom stereocenters. The molecule has 1 unspecified atom stereocenters. The number of rotatable bonds is 7. The zero-order valence-electron chi connectivity index (χ0n) is 14.3. The van der Waals surface area contributed by atoms with Crippen LogP contribution in [0.25, 0.3) is 0 Å². The lowest BCUT2D eigenvalue weighted by Crippen LogP contribution is -2.40. The normalized spacial score (nSPS) is 17.6. The summed E-state index contributed by atoms with van der Waals surface area (Å²) in [5.74, 6) is 0.102. The number of halogens is 1. The number of hydrogen-bond donors (Lipinski definition) is 0. The van der Waals surface area contributed by atoms with Gasteiger partial charge in [0, 0.05) is 25.9 Å². The quantitative estimate of drug-likeness (QED) is 0.718. The van der Waals surface area contributed by atoms with E-state index in [4.69, 9.17) is 0 Å². The van der Waals surface area contributed by atoms with Crippen molar-refractivity contribution in [2.24, 2.45) is 5.92 Å². The van der Waals surface area contributed by atoms with Crippen molar-refractivity contribution in [2.45, 2.75) is 44.9 Å². The molecule has 1 heterocycles. The third kappa shape index (κ3) is 5.62. The molecule has 1 aliphatic rings. The maximum absolute atomic E-state index is 13.7. The predicted molar refractivity (Wildman–Crippen MR) is 89.9 cm³/mol. The van der Waals surface area contributed by atoms with E-state index >= 15 is 0 Å². The van der Waals surface area contributed by atoms with E-state index in [1.807, 2.05) is 17.0 Å². The van der Waals surface area contributed by atoms with Crippen molar-refractivity contribution in [3.8, 4) is 0 Å². The van der Waals surface area contributed by atoms with Gasteiger partial charge in [-0.05, 0) is 49.7 Å². The molecule has 0 bridgehead atoms. The van der Waals surface area contributed by atoms with Gasteiger partial charge in [0.2, 0.25) is 5.91 Å². The fraction of sp³-hybridized carbons (Fsp3) is 0.579. The second-order valence-electron chi connectivity index (χ2n) is 6.41. The fourth-order valence-electron chi connectivity index (χ4n) is 3.23. The number of likely N-dealkylation sites (tertiary alicyclic amines) is 1. The van der Waals surface area contributed by atoms with E-state index in [1.54, 1.807) is 6.07 Å². The number of hydrogen-bond acceptors (Lipinski definition) is 3. The average Bonchev–Trinajstić information content (AvgIpc) is 2.61. The van der Waals surface area contributed by atoms with Crippen molar-refractivity contribution >= 4 is 11.9 Å². The van der Waals surface area contributed by atoms with E-state index < -0.39 is 0 Å². The Bertz CT molecular complexity index is 561. The molecule has 1 aromatic carbocycles. The number of carbonyl (C=O) groups is 2. The van der Waals surface area contributed by atoms with Crippen LogP contribution in [0.5, 0.6) is 0 Å². The maximum Gasteiger partial charge on any atom is 0.305 e. The van der Waals surface area contributed by atoms with Crippen LogP contribution in [0.3, 0.4) is 0 Å². The number of amides is 1. The standard InChI is InChI=1S/C19H26FNO3/c1-24-19(23)10-4-9-18(22)21-13-5-6-15(14-21)11-12-16-7-2-3-8-17(16)20/h2-3,7-8,15H,4-6,9-14H2,1H3. The van der Waals surface area contributed by atoms with Crippen LogP contribution in [0.4, 0.5) is 4.39 Å². The largest absolute Gasteiger partial charge is 0.469 e. The summed E-state index contributed by atoms with van der Waals surface area (Å²) in [5, 5.41) is 0. The zero-order chi connectivity index (χ0) is 17.4. The van der Waals surface area contributed by atoms with Gasteiger partial charge >= 0.3 is 5.97 Å². The molecule has 0 radical (unpaired) electrons. The minimum atomic E-state index is -0.274. The maximum atomic E-state index is 13.7. The second-order valence-corrected chi connectivity index (χ2v) is 6.41. The Morgan fingerprint density at radius 2 is 2.08 bits per heavy atom. The Labute approximate surface area is 143 Å². The van der Waals surface area contributed by atoms with E-state index in [0.717, 1.165) is 37.9 Å². The van der Waals surface area contributed by atoms with Crippen LogP contribution in [0.1, 0.15) is 44.1 Å². The van der Waals surface area contributed by atoms with Crippen molar-refractivity contribution in [2.75, 3.05) is 20.2 Å².